The molecule has 3 aromatic rings. The van der Waals surface area contributed by atoms with Gasteiger partial charge in [-0.05, 0) is 42.8 Å². The summed E-state index contributed by atoms with van der Waals surface area (Å²) in [5.74, 6) is 0.169. The number of nitrogen functional groups attached to an aromatic ring is 1. The lowest BCUT2D eigenvalue weighted by Crippen LogP contribution is -2.03. The maximum atomic E-state index is 12.6. The highest BCUT2D eigenvalue weighted by molar-refractivity contribution is 6.35. The fourth-order valence-corrected chi connectivity index (χ4v) is 2.40. The Balaban J connectivity index is 2.11. The molecule has 0 bridgehead atoms. The number of hydrogen-bond acceptors (Lipinski definition) is 3. The summed E-state index contributed by atoms with van der Waals surface area (Å²) in [5.41, 5.74) is 7.52. The molecule has 0 spiro atoms. The van der Waals surface area contributed by atoms with Crippen LogP contribution in [0.4, 0.5) is 18.9 Å². The third-order valence-corrected chi connectivity index (χ3v) is 3.61. The van der Waals surface area contributed by atoms with Crippen molar-refractivity contribution in [3.8, 4) is 11.5 Å². The molecule has 7 heteroatoms. The van der Waals surface area contributed by atoms with Gasteiger partial charge in [-0.3, -0.25) is 0 Å². The third kappa shape index (κ3) is 2.39. The summed E-state index contributed by atoms with van der Waals surface area (Å²) in [6.07, 6.45) is -4.38. The van der Waals surface area contributed by atoms with Crippen LogP contribution in [0.2, 0.25) is 5.02 Å². The van der Waals surface area contributed by atoms with Crippen LogP contribution in [-0.2, 0) is 6.18 Å². The van der Waals surface area contributed by atoms with Gasteiger partial charge in [-0.2, -0.15) is 13.2 Å². The average molecular weight is 327 g/mol. The Hall–Kier alpha value is -2.21. The lowest BCUT2D eigenvalue weighted by atomic mass is 10.1. The number of aryl methyl sites for hydroxylation is 1. The second-order valence-corrected chi connectivity index (χ2v) is 5.27. The number of halogens is 4. The van der Waals surface area contributed by atoms with Crippen molar-refractivity contribution in [2.24, 2.45) is 0 Å². The Morgan fingerprint density at radius 2 is 1.82 bits per heavy atom. The highest BCUT2D eigenvalue weighted by atomic mass is 35.5. The molecule has 114 valence electrons. The largest absolute Gasteiger partial charge is 0.434 e. The molecule has 0 unspecified atom stereocenters. The van der Waals surface area contributed by atoms with Crippen molar-refractivity contribution >= 4 is 28.4 Å². The fourth-order valence-electron chi connectivity index (χ4n) is 2.11. The Bertz CT molecular complexity index is 854. The number of hydrogen-bond donors (Lipinski definition) is 1. The molecular weight excluding hydrogens is 317 g/mol. The standard InChI is InChI=1S/C15H10ClF3N2O/c1-7-6-10(16)13-12(11(7)20)21-14(22-13)8-2-4-9(5-3-8)15(17,18)19/h2-6H,20H2,1H3. The van der Waals surface area contributed by atoms with Gasteiger partial charge in [0.1, 0.15) is 5.52 Å². The van der Waals surface area contributed by atoms with E-state index in [-0.39, 0.29) is 5.89 Å². The van der Waals surface area contributed by atoms with Gasteiger partial charge in [-0.25, -0.2) is 4.98 Å². The third-order valence-electron chi connectivity index (χ3n) is 3.33. The van der Waals surface area contributed by atoms with Crippen molar-refractivity contribution in [1.29, 1.82) is 0 Å². The van der Waals surface area contributed by atoms with Crippen molar-refractivity contribution in [3.05, 3.63) is 46.5 Å². The highest BCUT2D eigenvalue weighted by Crippen LogP contribution is 2.35. The topological polar surface area (TPSA) is 52.0 Å². The zero-order chi connectivity index (χ0) is 16.1. The first-order valence-corrected chi connectivity index (χ1v) is 6.68. The summed E-state index contributed by atoms with van der Waals surface area (Å²) in [5, 5.41) is 0.354. The number of fused-ring (bicyclic) bond motifs is 1. The second-order valence-electron chi connectivity index (χ2n) is 4.86. The van der Waals surface area contributed by atoms with E-state index >= 15 is 0 Å². The summed E-state index contributed by atoms with van der Waals surface area (Å²) in [6.45, 7) is 1.78. The summed E-state index contributed by atoms with van der Waals surface area (Å²) in [4.78, 5) is 4.24. The van der Waals surface area contributed by atoms with Gasteiger partial charge in [0.2, 0.25) is 5.89 Å². The molecule has 0 aliphatic rings. The molecule has 0 aliphatic heterocycles. The number of benzene rings is 2. The van der Waals surface area contributed by atoms with E-state index in [1.54, 1.807) is 13.0 Å². The quantitative estimate of drug-likeness (QED) is 0.636. The smallest absolute Gasteiger partial charge is 0.416 e. The molecule has 2 aromatic carbocycles. The van der Waals surface area contributed by atoms with Crippen molar-refractivity contribution in [2.45, 2.75) is 13.1 Å². The van der Waals surface area contributed by atoms with Crippen LogP contribution in [-0.4, -0.2) is 4.98 Å². The van der Waals surface area contributed by atoms with Crippen LogP contribution >= 0.6 is 11.6 Å². The van der Waals surface area contributed by atoms with Gasteiger partial charge in [0.15, 0.2) is 5.58 Å². The molecule has 0 saturated carbocycles. The SMILES string of the molecule is Cc1cc(Cl)c2oc(-c3ccc(C(F)(F)F)cc3)nc2c1N. The number of rotatable bonds is 1. The van der Waals surface area contributed by atoms with Crippen LogP contribution < -0.4 is 5.73 Å². The lowest BCUT2D eigenvalue weighted by molar-refractivity contribution is -0.137. The molecule has 22 heavy (non-hydrogen) atoms. The van der Waals surface area contributed by atoms with Crippen LogP contribution in [0.3, 0.4) is 0 Å². The molecule has 3 rings (SSSR count). The monoisotopic (exact) mass is 326 g/mol. The first-order valence-electron chi connectivity index (χ1n) is 6.30. The molecule has 1 heterocycles. The number of nitrogens with two attached hydrogens (primary N) is 1. The van der Waals surface area contributed by atoms with Gasteiger partial charge < -0.3 is 10.2 Å². The first-order chi connectivity index (χ1) is 10.3. The van der Waals surface area contributed by atoms with Crippen molar-refractivity contribution in [1.82, 2.24) is 4.98 Å². The van der Waals surface area contributed by atoms with Gasteiger partial charge in [0.05, 0.1) is 16.3 Å². The minimum Gasteiger partial charge on any atom is -0.434 e. The Morgan fingerprint density at radius 3 is 2.41 bits per heavy atom. The van der Waals surface area contributed by atoms with Crippen LogP contribution in [0.25, 0.3) is 22.6 Å². The van der Waals surface area contributed by atoms with E-state index < -0.39 is 11.7 Å². The number of anilines is 1. The van der Waals surface area contributed by atoms with Gasteiger partial charge in [-0.15, -0.1) is 0 Å². The number of nitrogens with zero attached hydrogens (tertiary/aromatic N) is 1. The summed E-state index contributed by atoms with van der Waals surface area (Å²) < 4.78 is 43.2. The maximum Gasteiger partial charge on any atom is 0.416 e. The fraction of sp³-hybridized carbons (Fsp3) is 0.133. The molecule has 3 nitrogen and oxygen atoms in total. The van der Waals surface area contributed by atoms with E-state index in [4.69, 9.17) is 21.8 Å². The van der Waals surface area contributed by atoms with Gasteiger partial charge in [-0.1, -0.05) is 11.6 Å². The van der Waals surface area contributed by atoms with E-state index in [0.29, 0.717) is 27.4 Å². The predicted molar refractivity (Wildman–Crippen MR) is 78.6 cm³/mol. The van der Waals surface area contributed by atoms with E-state index in [0.717, 1.165) is 17.7 Å². The number of oxazole rings is 1. The van der Waals surface area contributed by atoms with Crippen LogP contribution in [0, 0.1) is 6.92 Å². The molecular formula is C15H10ClF3N2O. The molecule has 0 atom stereocenters. The number of aromatic nitrogens is 1. The second kappa shape index (κ2) is 4.91. The summed E-state index contributed by atoms with van der Waals surface area (Å²) >= 11 is 6.08. The Kier molecular flexibility index (Phi) is 3.29. The van der Waals surface area contributed by atoms with Gasteiger partial charge in [0, 0.05) is 5.56 Å². The Labute approximate surface area is 128 Å². The van der Waals surface area contributed by atoms with Gasteiger partial charge in [0.25, 0.3) is 0 Å². The van der Waals surface area contributed by atoms with Crippen molar-refractivity contribution in [3.63, 3.8) is 0 Å². The van der Waals surface area contributed by atoms with E-state index in [9.17, 15) is 13.2 Å². The molecule has 0 radical (unpaired) electrons. The Morgan fingerprint density at radius 1 is 1.18 bits per heavy atom. The van der Waals surface area contributed by atoms with Gasteiger partial charge >= 0.3 is 6.18 Å². The molecule has 0 amide bonds. The minimum atomic E-state index is -4.38. The predicted octanol–water partition coefficient (Wildman–Crippen LogP) is 5.06. The highest BCUT2D eigenvalue weighted by Gasteiger charge is 2.30. The molecule has 0 saturated heterocycles. The van der Waals surface area contributed by atoms with Crippen molar-refractivity contribution in [2.75, 3.05) is 5.73 Å². The maximum absolute atomic E-state index is 12.6. The summed E-state index contributed by atoms with van der Waals surface area (Å²) in [6, 6.07) is 6.19. The van der Waals surface area contributed by atoms with Crippen LogP contribution in [0.1, 0.15) is 11.1 Å². The van der Waals surface area contributed by atoms with Crippen molar-refractivity contribution < 1.29 is 17.6 Å². The normalized spacial score (nSPS) is 12.0. The molecule has 1 aromatic heterocycles. The van der Waals surface area contributed by atoms with E-state index in [1.807, 2.05) is 0 Å². The van der Waals surface area contributed by atoms with E-state index in [2.05, 4.69) is 4.98 Å². The zero-order valence-corrected chi connectivity index (χ0v) is 12.1. The number of alkyl halides is 3. The summed E-state index contributed by atoms with van der Waals surface area (Å²) in [7, 11) is 0. The minimum absolute atomic E-state index is 0.169. The van der Waals surface area contributed by atoms with E-state index in [1.165, 1.54) is 12.1 Å². The first kappa shape index (κ1) is 14.7. The molecule has 2 N–H and O–H groups in total. The zero-order valence-electron chi connectivity index (χ0n) is 11.3. The van der Waals surface area contributed by atoms with Crippen LogP contribution in [0.5, 0.6) is 0 Å². The lowest BCUT2D eigenvalue weighted by Gasteiger charge is -2.05. The molecule has 0 fully saturated rings. The van der Waals surface area contributed by atoms with Crippen LogP contribution in [0.15, 0.2) is 34.7 Å². The average Bonchev–Trinajstić information content (AvgIpc) is 2.90. The molecule has 0 aliphatic carbocycles.